The Hall–Kier alpha value is -2.98. The molecule has 0 saturated carbocycles. The lowest BCUT2D eigenvalue weighted by atomic mass is 9.92. The molecule has 4 aromatic rings. The molecule has 1 aromatic heterocycles. The molecule has 0 radical (unpaired) electrons. The summed E-state index contributed by atoms with van der Waals surface area (Å²) < 4.78 is 8.28. The summed E-state index contributed by atoms with van der Waals surface area (Å²) in [7, 11) is 0. The second-order valence-corrected chi connectivity index (χ2v) is 7.70. The van der Waals surface area contributed by atoms with Gasteiger partial charge in [-0.3, -0.25) is 0 Å². The van der Waals surface area contributed by atoms with Crippen LogP contribution in [0.1, 0.15) is 36.6 Å². The molecule has 146 valence electrons. The van der Waals surface area contributed by atoms with E-state index in [4.69, 9.17) is 21.3 Å². The van der Waals surface area contributed by atoms with Gasteiger partial charge in [0.05, 0.1) is 29.7 Å². The van der Waals surface area contributed by atoms with Gasteiger partial charge >= 0.3 is 0 Å². The van der Waals surface area contributed by atoms with Crippen LogP contribution in [-0.2, 0) is 0 Å². The number of para-hydroxylation sites is 3. The van der Waals surface area contributed by atoms with E-state index in [1.807, 2.05) is 31.2 Å². The third-order valence-electron chi connectivity index (χ3n) is 5.52. The van der Waals surface area contributed by atoms with Crippen LogP contribution in [0.25, 0.3) is 11.0 Å². The highest BCUT2D eigenvalue weighted by Gasteiger charge is 2.32. The largest absolute Gasteiger partial charge is 0.494 e. The second kappa shape index (κ2) is 7.45. The van der Waals surface area contributed by atoms with Crippen LogP contribution in [0.4, 0.5) is 5.95 Å². The Balaban J connectivity index is 1.67. The van der Waals surface area contributed by atoms with Crippen molar-refractivity contribution < 1.29 is 4.74 Å². The zero-order chi connectivity index (χ0) is 19.8. The number of imidazole rings is 1. The lowest BCUT2D eigenvalue weighted by Gasteiger charge is -2.34. The molecule has 0 spiro atoms. The van der Waals surface area contributed by atoms with Gasteiger partial charge in [0.1, 0.15) is 5.75 Å². The van der Waals surface area contributed by atoms with E-state index in [1.54, 1.807) is 0 Å². The molecule has 0 saturated heterocycles. The fourth-order valence-corrected chi connectivity index (χ4v) is 4.35. The molecule has 4 nitrogen and oxygen atoms in total. The van der Waals surface area contributed by atoms with Gasteiger partial charge in [-0.2, -0.15) is 0 Å². The Morgan fingerprint density at radius 2 is 1.79 bits per heavy atom. The maximum Gasteiger partial charge on any atom is 0.204 e. The van der Waals surface area contributed by atoms with Crippen molar-refractivity contribution >= 4 is 28.6 Å². The lowest BCUT2D eigenvalue weighted by molar-refractivity contribution is 0.329. The summed E-state index contributed by atoms with van der Waals surface area (Å²) in [4.78, 5) is 4.88. The maximum atomic E-state index is 6.11. The minimum Gasteiger partial charge on any atom is -0.494 e. The first-order valence-corrected chi connectivity index (χ1v) is 10.3. The number of ether oxygens (including phenoxy) is 1. The maximum absolute atomic E-state index is 6.11. The Labute approximate surface area is 175 Å². The number of benzene rings is 3. The second-order valence-electron chi connectivity index (χ2n) is 7.26. The first-order valence-electron chi connectivity index (χ1n) is 9.95. The summed E-state index contributed by atoms with van der Waals surface area (Å²) in [5.41, 5.74) is 4.50. The van der Waals surface area contributed by atoms with Gasteiger partial charge in [0.2, 0.25) is 5.95 Å². The van der Waals surface area contributed by atoms with Crippen molar-refractivity contribution in [2.24, 2.45) is 0 Å². The molecule has 5 rings (SSSR count). The fraction of sp³-hybridized carbons (Fsp3) is 0.208. The molecular weight excluding hydrogens is 382 g/mol. The molecule has 2 heterocycles. The molecule has 29 heavy (non-hydrogen) atoms. The molecule has 0 amide bonds. The van der Waals surface area contributed by atoms with Gasteiger partial charge in [-0.05, 0) is 49.2 Å². The average molecular weight is 404 g/mol. The van der Waals surface area contributed by atoms with Crippen LogP contribution in [0.15, 0.2) is 72.8 Å². The van der Waals surface area contributed by atoms with Gasteiger partial charge in [0, 0.05) is 10.6 Å². The molecule has 0 fully saturated rings. The molecule has 5 heteroatoms. The summed E-state index contributed by atoms with van der Waals surface area (Å²) in [5.74, 6) is 1.81. The van der Waals surface area contributed by atoms with Crippen LogP contribution in [0.3, 0.4) is 0 Å². The van der Waals surface area contributed by atoms with E-state index < -0.39 is 0 Å². The third-order valence-corrected chi connectivity index (χ3v) is 5.77. The number of hydrogen-bond acceptors (Lipinski definition) is 3. The van der Waals surface area contributed by atoms with Crippen molar-refractivity contribution in [1.82, 2.24) is 9.55 Å². The first kappa shape index (κ1) is 18.1. The van der Waals surface area contributed by atoms with Crippen molar-refractivity contribution in [2.75, 3.05) is 11.9 Å². The molecule has 1 N–H and O–H groups in total. The molecule has 0 bridgehead atoms. The van der Waals surface area contributed by atoms with Crippen LogP contribution in [-0.4, -0.2) is 16.2 Å². The predicted octanol–water partition coefficient (Wildman–Crippen LogP) is 6.23. The van der Waals surface area contributed by atoms with Crippen molar-refractivity contribution in [3.63, 3.8) is 0 Å². The number of fused-ring (bicyclic) bond motifs is 3. The molecular formula is C24H22ClN3O. The predicted molar refractivity (Wildman–Crippen MR) is 118 cm³/mol. The smallest absolute Gasteiger partial charge is 0.204 e. The summed E-state index contributed by atoms with van der Waals surface area (Å²) in [6.07, 6.45) is 0.888. The number of aromatic nitrogens is 2. The van der Waals surface area contributed by atoms with Crippen LogP contribution in [0, 0.1) is 0 Å². The molecule has 1 aliphatic rings. The van der Waals surface area contributed by atoms with Gasteiger partial charge in [0.25, 0.3) is 0 Å². The first-order chi connectivity index (χ1) is 14.2. The average Bonchev–Trinajstić information content (AvgIpc) is 3.13. The highest BCUT2D eigenvalue weighted by atomic mass is 35.5. The van der Waals surface area contributed by atoms with Crippen molar-refractivity contribution in [2.45, 2.75) is 25.4 Å². The topological polar surface area (TPSA) is 39.1 Å². The Morgan fingerprint density at radius 3 is 2.62 bits per heavy atom. The highest BCUT2D eigenvalue weighted by Crippen LogP contribution is 2.43. The van der Waals surface area contributed by atoms with E-state index in [2.05, 4.69) is 58.4 Å². The van der Waals surface area contributed by atoms with E-state index in [9.17, 15) is 0 Å². The molecule has 2 atom stereocenters. The van der Waals surface area contributed by atoms with Gasteiger partial charge in [-0.15, -0.1) is 0 Å². The minimum atomic E-state index is 0.113. The normalized spacial score (nSPS) is 18.3. The fourth-order valence-electron chi connectivity index (χ4n) is 4.23. The van der Waals surface area contributed by atoms with E-state index in [1.165, 1.54) is 11.1 Å². The Bertz CT molecular complexity index is 1150. The zero-order valence-corrected chi connectivity index (χ0v) is 16.9. The Kier molecular flexibility index (Phi) is 4.64. The third kappa shape index (κ3) is 3.23. The summed E-state index contributed by atoms with van der Waals surface area (Å²) in [5, 5.41) is 4.39. The summed E-state index contributed by atoms with van der Waals surface area (Å²) in [6.45, 7) is 2.66. The van der Waals surface area contributed by atoms with Crippen molar-refractivity contribution in [3.05, 3.63) is 88.9 Å². The molecule has 1 aliphatic heterocycles. The molecule has 0 unspecified atom stereocenters. The van der Waals surface area contributed by atoms with Crippen LogP contribution in [0.5, 0.6) is 5.75 Å². The quantitative estimate of drug-likeness (QED) is 0.438. The number of nitrogens with one attached hydrogen (secondary N) is 1. The summed E-state index contributed by atoms with van der Waals surface area (Å²) in [6, 6.07) is 24.9. The SMILES string of the molecule is CCOc1ccccc1[C@@H]1C[C@H](c2ccc(Cl)cc2)Nc2nc3ccccc3n21. The number of anilines is 1. The zero-order valence-electron chi connectivity index (χ0n) is 16.2. The van der Waals surface area contributed by atoms with E-state index in [0.717, 1.165) is 34.2 Å². The van der Waals surface area contributed by atoms with Crippen molar-refractivity contribution in [3.8, 4) is 5.75 Å². The van der Waals surface area contributed by atoms with E-state index in [0.29, 0.717) is 6.61 Å². The Morgan fingerprint density at radius 1 is 1.03 bits per heavy atom. The van der Waals surface area contributed by atoms with Crippen molar-refractivity contribution in [1.29, 1.82) is 0 Å². The molecule has 0 aliphatic carbocycles. The minimum absolute atomic E-state index is 0.113. The molecule has 3 aromatic carbocycles. The van der Waals surface area contributed by atoms with Crippen LogP contribution < -0.4 is 10.1 Å². The van der Waals surface area contributed by atoms with E-state index in [-0.39, 0.29) is 12.1 Å². The van der Waals surface area contributed by atoms with Crippen LogP contribution >= 0.6 is 11.6 Å². The van der Waals surface area contributed by atoms with Gasteiger partial charge < -0.3 is 14.6 Å². The van der Waals surface area contributed by atoms with Gasteiger partial charge in [-0.1, -0.05) is 54.1 Å². The summed E-state index contributed by atoms with van der Waals surface area (Å²) >= 11 is 6.11. The monoisotopic (exact) mass is 403 g/mol. The number of hydrogen-bond donors (Lipinski definition) is 1. The lowest BCUT2D eigenvalue weighted by Crippen LogP contribution is -2.27. The van der Waals surface area contributed by atoms with Crippen LogP contribution in [0.2, 0.25) is 5.02 Å². The number of nitrogens with zero attached hydrogens (tertiary/aromatic N) is 2. The highest BCUT2D eigenvalue weighted by molar-refractivity contribution is 6.30. The number of halogens is 1. The number of rotatable bonds is 4. The van der Waals surface area contributed by atoms with Gasteiger partial charge in [0.15, 0.2) is 0 Å². The van der Waals surface area contributed by atoms with E-state index >= 15 is 0 Å². The standard InChI is InChI=1S/C24H22ClN3O/c1-2-29-23-10-6-3-7-18(23)22-15-20(16-11-13-17(25)14-12-16)27-24-26-19-8-4-5-9-21(19)28(22)24/h3-14,20,22H,2,15H2,1H3,(H,26,27)/t20-,22+/m1/s1. The van der Waals surface area contributed by atoms with Gasteiger partial charge in [-0.25, -0.2) is 4.98 Å².